The minimum atomic E-state index is -0.483. The lowest BCUT2D eigenvalue weighted by atomic mass is 10.4. The SMILES string of the molecule is CCN(CC)c1[nH]c(SC)nc(=S)c1[N+](=O)[O-]. The molecule has 0 bridgehead atoms. The molecular weight excluding hydrogens is 260 g/mol. The molecule has 94 valence electrons. The average molecular weight is 274 g/mol. The summed E-state index contributed by atoms with van der Waals surface area (Å²) in [6.45, 7) is 5.20. The topological polar surface area (TPSA) is 75.1 Å². The number of hydrogen-bond donors (Lipinski definition) is 1. The van der Waals surface area contributed by atoms with Crippen molar-refractivity contribution in [1.29, 1.82) is 0 Å². The Hall–Kier alpha value is -1.15. The fourth-order valence-corrected chi connectivity index (χ4v) is 2.17. The highest BCUT2D eigenvalue weighted by Crippen LogP contribution is 2.28. The lowest BCUT2D eigenvalue weighted by Gasteiger charge is -2.20. The van der Waals surface area contributed by atoms with Gasteiger partial charge in [-0.1, -0.05) is 24.0 Å². The molecule has 0 unspecified atom stereocenters. The van der Waals surface area contributed by atoms with E-state index in [2.05, 4.69) is 9.97 Å². The molecule has 0 spiro atoms. The molecule has 1 N–H and O–H groups in total. The second-order valence-corrected chi connectivity index (χ2v) is 4.36. The smallest absolute Gasteiger partial charge is 0.346 e. The molecular formula is C9H14N4O2S2. The van der Waals surface area contributed by atoms with Crippen LogP contribution < -0.4 is 4.90 Å². The third kappa shape index (κ3) is 2.95. The molecule has 0 amide bonds. The number of H-pyrrole nitrogens is 1. The Morgan fingerprint density at radius 1 is 1.53 bits per heavy atom. The van der Waals surface area contributed by atoms with Gasteiger partial charge in [-0.05, 0) is 20.1 Å². The van der Waals surface area contributed by atoms with Gasteiger partial charge in [-0.2, -0.15) is 0 Å². The third-order valence-corrected chi connectivity index (χ3v) is 3.18. The van der Waals surface area contributed by atoms with Crippen LogP contribution in [0.1, 0.15) is 13.8 Å². The van der Waals surface area contributed by atoms with E-state index < -0.39 is 4.92 Å². The van der Waals surface area contributed by atoms with Crippen LogP contribution in [0.25, 0.3) is 0 Å². The van der Waals surface area contributed by atoms with Gasteiger partial charge in [0.25, 0.3) is 0 Å². The predicted octanol–water partition coefficient (Wildman–Crippen LogP) is 2.62. The number of aromatic amines is 1. The number of nitrogens with one attached hydrogen (secondary N) is 1. The summed E-state index contributed by atoms with van der Waals surface area (Å²) in [6.07, 6.45) is 1.84. The van der Waals surface area contributed by atoms with Gasteiger partial charge < -0.3 is 9.88 Å². The van der Waals surface area contributed by atoms with Crippen molar-refractivity contribution in [2.45, 2.75) is 19.0 Å². The molecule has 17 heavy (non-hydrogen) atoms. The minimum Gasteiger partial charge on any atom is -0.353 e. The number of hydrogen-bond acceptors (Lipinski definition) is 6. The average Bonchev–Trinajstić information content (AvgIpc) is 2.29. The van der Waals surface area contributed by atoms with Crippen LogP contribution in [0.3, 0.4) is 0 Å². The van der Waals surface area contributed by atoms with Gasteiger partial charge in [0.1, 0.15) is 0 Å². The summed E-state index contributed by atoms with van der Waals surface area (Å²) < 4.78 is 0.0278. The Labute approximate surface area is 109 Å². The van der Waals surface area contributed by atoms with Crippen molar-refractivity contribution in [3.05, 3.63) is 14.8 Å². The first-order valence-corrected chi connectivity index (χ1v) is 6.76. The number of rotatable bonds is 5. The molecule has 0 saturated heterocycles. The van der Waals surface area contributed by atoms with Crippen molar-refractivity contribution in [3.8, 4) is 0 Å². The molecule has 0 aliphatic rings. The highest BCUT2D eigenvalue weighted by atomic mass is 32.2. The first kappa shape index (κ1) is 13.9. The molecule has 1 aromatic heterocycles. The zero-order valence-corrected chi connectivity index (χ0v) is 11.5. The van der Waals surface area contributed by atoms with E-state index in [1.165, 1.54) is 11.8 Å². The van der Waals surface area contributed by atoms with Gasteiger partial charge >= 0.3 is 5.69 Å². The quantitative estimate of drug-likeness (QED) is 0.292. The van der Waals surface area contributed by atoms with Crippen LogP contribution in [0.2, 0.25) is 0 Å². The first-order chi connectivity index (χ1) is 8.04. The molecule has 6 nitrogen and oxygen atoms in total. The molecule has 0 radical (unpaired) electrons. The molecule has 0 aliphatic heterocycles. The van der Waals surface area contributed by atoms with Gasteiger partial charge in [0.2, 0.25) is 4.64 Å². The lowest BCUT2D eigenvalue weighted by molar-refractivity contribution is -0.385. The van der Waals surface area contributed by atoms with Crippen LogP contribution in [-0.2, 0) is 0 Å². The largest absolute Gasteiger partial charge is 0.353 e. The Balaban J connectivity index is 3.47. The third-order valence-electron chi connectivity index (χ3n) is 2.31. The van der Waals surface area contributed by atoms with Gasteiger partial charge in [-0.3, -0.25) is 10.1 Å². The van der Waals surface area contributed by atoms with Crippen molar-refractivity contribution >= 4 is 35.5 Å². The zero-order chi connectivity index (χ0) is 13.0. The van der Waals surface area contributed by atoms with Crippen LogP contribution in [-0.4, -0.2) is 34.2 Å². The summed E-state index contributed by atoms with van der Waals surface area (Å²) in [6, 6.07) is 0. The fraction of sp³-hybridized carbons (Fsp3) is 0.556. The van der Waals surface area contributed by atoms with Gasteiger partial charge in [-0.15, -0.1) is 0 Å². The molecule has 0 fully saturated rings. The summed E-state index contributed by atoms with van der Waals surface area (Å²) in [5, 5.41) is 11.6. The molecule has 1 heterocycles. The van der Waals surface area contributed by atoms with Crippen molar-refractivity contribution in [2.75, 3.05) is 24.2 Å². The van der Waals surface area contributed by atoms with Crippen LogP contribution in [0.15, 0.2) is 5.16 Å². The summed E-state index contributed by atoms with van der Waals surface area (Å²) >= 11 is 6.35. The predicted molar refractivity (Wildman–Crippen MR) is 71.4 cm³/mol. The summed E-state index contributed by atoms with van der Waals surface area (Å²) in [7, 11) is 0. The molecule has 1 aromatic rings. The Morgan fingerprint density at radius 2 is 2.12 bits per heavy atom. The number of nitrogens with zero attached hydrogens (tertiary/aromatic N) is 3. The van der Waals surface area contributed by atoms with E-state index >= 15 is 0 Å². The molecule has 0 aromatic carbocycles. The standard InChI is InChI=1S/C9H14N4O2S2/c1-4-12(5-2)7-6(13(14)15)8(16)11-9(10-7)17-3/h4-5H2,1-3H3,(H,10,11,16). The zero-order valence-electron chi connectivity index (χ0n) is 9.89. The van der Waals surface area contributed by atoms with Crippen molar-refractivity contribution in [1.82, 2.24) is 9.97 Å². The normalized spacial score (nSPS) is 10.3. The second-order valence-electron chi connectivity index (χ2n) is 3.18. The van der Waals surface area contributed by atoms with Crippen molar-refractivity contribution in [3.63, 3.8) is 0 Å². The van der Waals surface area contributed by atoms with E-state index in [0.29, 0.717) is 24.1 Å². The Bertz CT molecular complexity index is 471. The lowest BCUT2D eigenvalue weighted by Crippen LogP contribution is -2.24. The van der Waals surface area contributed by atoms with E-state index in [0.717, 1.165) is 0 Å². The minimum absolute atomic E-state index is 0.0278. The number of aromatic nitrogens is 2. The van der Waals surface area contributed by atoms with E-state index in [1.807, 2.05) is 25.0 Å². The monoisotopic (exact) mass is 274 g/mol. The van der Waals surface area contributed by atoms with Gasteiger partial charge in [0.05, 0.1) is 4.92 Å². The van der Waals surface area contributed by atoms with Crippen LogP contribution in [0, 0.1) is 14.8 Å². The second kappa shape index (κ2) is 5.97. The summed E-state index contributed by atoms with van der Waals surface area (Å²) in [4.78, 5) is 19.3. The van der Waals surface area contributed by atoms with Gasteiger partial charge in [0, 0.05) is 13.1 Å². The maximum Gasteiger partial charge on any atom is 0.346 e. The van der Waals surface area contributed by atoms with E-state index in [1.54, 1.807) is 0 Å². The van der Waals surface area contributed by atoms with Gasteiger partial charge in [0.15, 0.2) is 11.0 Å². The molecule has 0 saturated carbocycles. The van der Waals surface area contributed by atoms with Crippen LogP contribution >= 0.6 is 24.0 Å². The molecule has 0 aliphatic carbocycles. The molecule has 1 rings (SSSR count). The first-order valence-electron chi connectivity index (χ1n) is 5.12. The number of thioether (sulfide) groups is 1. The van der Waals surface area contributed by atoms with Crippen LogP contribution in [0.5, 0.6) is 0 Å². The van der Waals surface area contributed by atoms with Crippen LogP contribution in [0.4, 0.5) is 11.5 Å². The molecule has 0 atom stereocenters. The van der Waals surface area contributed by atoms with E-state index in [-0.39, 0.29) is 10.3 Å². The maximum atomic E-state index is 11.0. The summed E-state index contributed by atoms with van der Waals surface area (Å²) in [5.74, 6) is 0.435. The Morgan fingerprint density at radius 3 is 2.53 bits per heavy atom. The molecule has 8 heteroatoms. The highest BCUT2D eigenvalue weighted by Gasteiger charge is 2.22. The van der Waals surface area contributed by atoms with E-state index in [4.69, 9.17) is 12.2 Å². The number of nitro groups is 1. The fourth-order valence-electron chi connectivity index (χ4n) is 1.46. The van der Waals surface area contributed by atoms with Crippen molar-refractivity contribution < 1.29 is 4.92 Å². The maximum absolute atomic E-state index is 11.0. The number of anilines is 1. The highest BCUT2D eigenvalue weighted by molar-refractivity contribution is 7.98. The van der Waals surface area contributed by atoms with Crippen molar-refractivity contribution in [2.24, 2.45) is 0 Å². The Kier molecular flexibility index (Phi) is 4.88. The summed E-state index contributed by atoms with van der Waals surface area (Å²) in [5.41, 5.74) is -0.124. The van der Waals surface area contributed by atoms with E-state index in [9.17, 15) is 10.1 Å². The van der Waals surface area contributed by atoms with Gasteiger partial charge in [-0.25, -0.2) is 4.98 Å².